The third-order valence-electron chi connectivity index (χ3n) is 4.57. The lowest BCUT2D eigenvalue weighted by molar-refractivity contribution is -0.121. The van der Waals surface area contributed by atoms with Gasteiger partial charge in [-0.2, -0.15) is 0 Å². The van der Waals surface area contributed by atoms with E-state index in [2.05, 4.69) is 20.8 Å². The molecule has 146 valence electrons. The van der Waals surface area contributed by atoms with E-state index in [0.717, 1.165) is 10.5 Å². The predicted molar refractivity (Wildman–Crippen MR) is 109 cm³/mol. The Morgan fingerprint density at radius 2 is 1.46 bits per heavy atom. The van der Waals surface area contributed by atoms with E-state index in [-0.39, 0.29) is 17.1 Å². The van der Waals surface area contributed by atoms with E-state index in [4.69, 9.17) is 4.74 Å². The Balaban J connectivity index is 1.90. The fourth-order valence-corrected chi connectivity index (χ4v) is 3.10. The second-order valence-electron chi connectivity index (χ2n) is 8.16. The minimum absolute atomic E-state index is 0.000921. The minimum atomic E-state index is -0.717. The number of rotatable bonds is 4. The molecule has 1 N–H and O–H groups in total. The number of imide groups is 1. The lowest BCUT2D eigenvalue weighted by Gasteiger charge is -2.21. The zero-order valence-corrected chi connectivity index (χ0v) is 16.8. The molecule has 0 saturated heterocycles. The lowest BCUT2D eigenvalue weighted by atomic mass is 9.87. The van der Waals surface area contributed by atoms with Gasteiger partial charge in [0.05, 0.1) is 17.4 Å². The summed E-state index contributed by atoms with van der Waals surface area (Å²) in [4.78, 5) is 26.5. The predicted octanol–water partition coefficient (Wildman–Crippen LogP) is 4.61. The highest BCUT2D eigenvalue weighted by Crippen LogP contribution is 2.33. The lowest BCUT2D eigenvalue weighted by Crippen LogP contribution is -2.31. The quantitative estimate of drug-likeness (QED) is 0.788. The SMILES string of the molecule is CC(C)Oc1ccc(C2=C(O)C(=O)N(c3ccc(C(C)(C)C)cc3)C2=O)cc1. The van der Waals surface area contributed by atoms with Gasteiger partial charge in [0.2, 0.25) is 0 Å². The molecule has 5 nitrogen and oxygen atoms in total. The third kappa shape index (κ3) is 3.65. The maximum absolute atomic E-state index is 12.9. The first-order valence-corrected chi connectivity index (χ1v) is 9.29. The molecule has 2 aromatic carbocycles. The second-order valence-corrected chi connectivity index (χ2v) is 8.16. The fraction of sp³-hybridized carbons (Fsp3) is 0.304. The van der Waals surface area contributed by atoms with E-state index in [1.54, 1.807) is 36.4 Å². The highest BCUT2D eigenvalue weighted by molar-refractivity contribution is 6.44. The van der Waals surface area contributed by atoms with Crippen molar-refractivity contribution < 1.29 is 19.4 Å². The van der Waals surface area contributed by atoms with Crippen molar-refractivity contribution in [2.75, 3.05) is 4.90 Å². The molecule has 0 aromatic heterocycles. The monoisotopic (exact) mass is 379 g/mol. The van der Waals surface area contributed by atoms with E-state index in [9.17, 15) is 14.7 Å². The van der Waals surface area contributed by atoms with Crippen molar-refractivity contribution in [2.45, 2.75) is 46.1 Å². The molecule has 2 amide bonds. The molecule has 0 atom stereocenters. The van der Waals surface area contributed by atoms with Crippen LogP contribution in [0.1, 0.15) is 45.7 Å². The second kappa shape index (κ2) is 7.15. The Kier molecular flexibility index (Phi) is 5.02. The first kappa shape index (κ1) is 19.7. The maximum Gasteiger partial charge on any atom is 0.301 e. The summed E-state index contributed by atoms with van der Waals surface area (Å²) in [5.74, 6) is -1.14. The first-order chi connectivity index (χ1) is 13.1. The van der Waals surface area contributed by atoms with E-state index in [1.165, 1.54) is 0 Å². The Bertz CT molecular complexity index is 932. The molecule has 28 heavy (non-hydrogen) atoms. The van der Waals surface area contributed by atoms with Gasteiger partial charge in [-0.15, -0.1) is 0 Å². The van der Waals surface area contributed by atoms with Crippen LogP contribution < -0.4 is 9.64 Å². The number of amides is 2. The summed E-state index contributed by atoms with van der Waals surface area (Å²) < 4.78 is 5.59. The maximum atomic E-state index is 12.9. The summed E-state index contributed by atoms with van der Waals surface area (Å²) in [7, 11) is 0. The van der Waals surface area contributed by atoms with Gasteiger partial charge in [0.15, 0.2) is 5.76 Å². The summed E-state index contributed by atoms with van der Waals surface area (Å²) in [6.07, 6.45) is 0.0275. The van der Waals surface area contributed by atoms with Gasteiger partial charge < -0.3 is 9.84 Å². The summed E-state index contributed by atoms with van der Waals surface area (Å²) in [5, 5.41) is 10.3. The van der Waals surface area contributed by atoms with E-state index >= 15 is 0 Å². The van der Waals surface area contributed by atoms with Gasteiger partial charge in [0, 0.05) is 0 Å². The Morgan fingerprint density at radius 3 is 1.96 bits per heavy atom. The molecule has 0 saturated carbocycles. The Labute approximate surface area is 165 Å². The molecule has 0 bridgehead atoms. The topological polar surface area (TPSA) is 66.8 Å². The van der Waals surface area contributed by atoms with Crippen molar-refractivity contribution in [3.05, 3.63) is 65.4 Å². The summed E-state index contributed by atoms with van der Waals surface area (Å²) in [5.41, 5.74) is 1.96. The molecule has 3 rings (SSSR count). The molecular formula is C23H25NO4. The summed E-state index contributed by atoms with van der Waals surface area (Å²) in [6, 6.07) is 14.0. The van der Waals surface area contributed by atoms with Crippen LogP contribution in [0.4, 0.5) is 5.69 Å². The zero-order valence-electron chi connectivity index (χ0n) is 16.8. The Morgan fingerprint density at radius 1 is 0.893 bits per heavy atom. The number of anilines is 1. The van der Waals surface area contributed by atoms with Crippen molar-refractivity contribution >= 4 is 23.1 Å². The highest BCUT2D eigenvalue weighted by atomic mass is 16.5. The molecule has 0 unspecified atom stereocenters. The van der Waals surface area contributed by atoms with Crippen LogP contribution in [0.5, 0.6) is 5.75 Å². The van der Waals surface area contributed by atoms with Gasteiger partial charge in [0.1, 0.15) is 5.75 Å². The number of hydrogen-bond donors (Lipinski definition) is 1. The Hall–Kier alpha value is -3.08. The summed E-state index contributed by atoms with van der Waals surface area (Å²) in [6.45, 7) is 10.1. The number of benzene rings is 2. The van der Waals surface area contributed by atoms with Crippen LogP contribution >= 0.6 is 0 Å². The smallest absolute Gasteiger partial charge is 0.301 e. The van der Waals surface area contributed by atoms with E-state index < -0.39 is 17.6 Å². The standard InChI is InChI=1S/C23H25NO4/c1-14(2)28-18-12-6-15(7-13-18)19-20(25)22(27)24(21(19)26)17-10-8-16(9-11-17)23(3,4)5/h6-14,25H,1-5H3. The zero-order chi connectivity index (χ0) is 20.6. The van der Waals surface area contributed by atoms with Crippen LogP contribution in [0.2, 0.25) is 0 Å². The largest absolute Gasteiger partial charge is 0.502 e. The van der Waals surface area contributed by atoms with Gasteiger partial charge in [-0.05, 0) is 54.7 Å². The average Bonchev–Trinajstić information content (AvgIpc) is 2.84. The molecule has 1 aliphatic rings. The number of aliphatic hydroxyl groups is 1. The van der Waals surface area contributed by atoms with Gasteiger partial charge in [-0.1, -0.05) is 45.0 Å². The molecule has 0 radical (unpaired) electrons. The van der Waals surface area contributed by atoms with E-state index in [1.807, 2.05) is 26.0 Å². The molecule has 0 aliphatic carbocycles. The highest BCUT2D eigenvalue weighted by Gasteiger charge is 2.40. The number of carbonyl (C=O) groups is 2. The molecular weight excluding hydrogens is 354 g/mol. The van der Waals surface area contributed by atoms with Crippen LogP contribution in [0.25, 0.3) is 5.57 Å². The average molecular weight is 379 g/mol. The van der Waals surface area contributed by atoms with Crippen LogP contribution in [0, 0.1) is 0 Å². The third-order valence-corrected chi connectivity index (χ3v) is 4.57. The van der Waals surface area contributed by atoms with E-state index in [0.29, 0.717) is 17.0 Å². The molecule has 0 fully saturated rings. The van der Waals surface area contributed by atoms with Crippen LogP contribution in [-0.2, 0) is 15.0 Å². The van der Waals surface area contributed by atoms with Gasteiger partial charge in [-0.3, -0.25) is 9.59 Å². The van der Waals surface area contributed by atoms with Crippen molar-refractivity contribution in [1.29, 1.82) is 0 Å². The molecule has 2 aromatic rings. The van der Waals surface area contributed by atoms with Crippen LogP contribution in [-0.4, -0.2) is 23.0 Å². The number of aliphatic hydroxyl groups excluding tert-OH is 1. The summed E-state index contributed by atoms with van der Waals surface area (Å²) >= 11 is 0. The minimum Gasteiger partial charge on any atom is -0.502 e. The van der Waals surface area contributed by atoms with Crippen molar-refractivity contribution in [3.63, 3.8) is 0 Å². The molecule has 1 heterocycles. The molecule has 5 heteroatoms. The number of carbonyl (C=O) groups excluding carboxylic acids is 2. The van der Waals surface area contributed by atoms with Gasteiger partial charge in [0.25, 0.3) is 5.91 Å². The molecule has 0 spiro atoms. The number of ether oxygens (including phenoxy) is 1. The fourth-order valence-electron chi connectivity index (χ4n) is 3.10. The number of hydrogen-bond acceptors (Lipinski definition) is 4. The van der Waals surface area contributed by atoms with Crippen molar-refractivity contribution in [1.82, 2.24) is 0 Å². The van der Waals surface area contributed by atoms with Gasteiger partial charge in [-0.25, -0.2) is 4.90 Å². The van der Waals surface area contributed by atoms with Crippen LogP contribution in [0.3, 0.4) is 0 Å². The number of nitrogens with zero attached hydrogens (tertiary/aromatic N) is 1. The van der Waals surface area contributed by atoms with Crippen molar-refractivity contribution in [3.8, 4) is 5.75 Å². The van der Waals surface area contributed by atoms with Crippen molar-refractivity contribution in [2.24, 2.45) is 0 Å². The van der Waals surface area contributed by atoms with Gasteiger partial charge >= 0.3 is 5.91 Å². The normalized spacial score (nSPS) is 15.0. The van der Waals surface area contributed by atoms with Crippen LogP contribution in [0.15, 0.2) is 54.3 Å². The first-order valence-electron chi connectivity index (χ1n) is 9.29. The molecule has 1 aliphatic heterocycles.